The van der Waals surface area contributed by atoms with Crippen LogP contribution in [0.1, 0.15) is 44.7 Å². The van der Waals surface area contributed by atoms with Crippen LogP contribution in [0, 0.1) is 11.3 Å². The second kappa shape index (κ2) is 12.8. The highest BCUT2D eigenvalue weighted by Gasteiger charge is 2.34. The molecular weight excluding hydrogens is 551 g/mol. The smallest absolute Gasteiger partial charge is 0.280 e. The molecule has 5 N–H and O–H groups in total. The predicted octanol–water partition coefficient (Wildman–Crippen LogP) is 3.88. The van der Waals surface area contributed by atoms with Gasteiger partial charge in [-0.15, -0.1) is 0 Å². The van der Waals surface area contributed by atoms with Gasteiger partial charge in [0.05, 0.1) is 31.0 Å². The van der Waals surface area contributed by atoms with E-state index in [1.165, 1.54) is 0 Å². The number of carbonyl (C=O) groups is 1. The van der Waals surface area contributed by atoms with Gasteiger partial charge in [-0.05, 0) is 44.2 Å². The van der Waals surface area contributed by atoms with Crippen molar-refractivity contribution in [2.75, 3.05) is 30.9 Å². The van der Waals surface area contributed by atoms with Crippen molar-refractivity contribution in [1.29, 1.82) is 0 Å². The molecule has 3 unspecified atom stereocenters. The molecule has 0 radical (unpaired) electrons. The Morgan fingerprint density at radius 2 is 2.10 bits per heavy atom. The number of nitrogens with two attached hydrogens (primary N) is 1. The first-order valence-electron chi connectivity index (χ1n) is 13.2. The largest absolute Gasteiger partial charge is 0.395 e. The number of hydrogen-bond donors (Lipinski definition) is 4. The van der Waals surface area contributed by atoms with E-state index in [9.17, 15) is 19.3 Å². The zero-order valence-electron chi connectivity index (χ0n) is 22.8. The van der Waals surface area contributed by atoms with Crippen LogP contribution in [0.4, 0.5) is 5.95 Å². The number of thioether (sulfide) groups is 1. The Morgan fingerprint density at radius 1 is 1.35 bits per heavy atom. The number of benzene rings is 1. The molecule has 2 heterocycles. The summed E-state index contributed by atoms with van der Waals surface area (Å²) in [7, 11) is -3.26. The van der Waals surface area contributed by atoms with Gasteiger partial charge in [0, 0.05) is 24.4 Å². The molecule has 0 saturated heterocycles. The number of anilines is 1. The van der Waals surface area contributed by atoms with E-state index < -0.39 is 18.5 Å². The van der Waals surface area contributed by atoms with E-state index in [4.69, 9.17) is 10.3 Å². The van der Waals surface area contributed by atoms with Gasteiger partial charge in [-0.1, -0.05) is 48.7 Å². The summed E-state index contributed by atoms with van der Waals surface area (Å²) in [6.45, 7) is 8.10. The highest BCUT2D eigenvalue weighted by molar-refractivity contribution is 8.13. The number of hydrogen-bond acceptors (Lipinski definition) is 9. The van der Waals surface area contributed by atoms with Gasteiger partial charge < -0.3 is 19.9 Å². The van der Waals surface area contributed by atoms with Crippen LogP contribution in [0.3, 0.4) is 0 Å². The van der Waals surface area contributed by atoms with Crippen molar-refractivity contribution in [1.82, 2.24) is 24.6 Å². The van der Waals surface area contributed by atoms with Crippen molar-refractivity contribution >= 4 is 41.5 Å². The Bertz CT molecular complexity index is 1460. The number of aromatic amines is 1. The lowest BCUT2D eigenvalue weighted by molar-refractivity contribution is -0.119. The van der Waals surface area contributed by atoms with Gasteiger partial charge in [0.25, 0.3) is 13.1 Å². The molecule has 13 heteroatoms. The fourth-order valence-electron chi connectivity index (χ4n) is 4.59. The third kappa shape index (κ3) is 7.11. The number of carbonyl (C=O) groups excluding carboxylic acids is 1. The van der Waals surface area contributed by atoms with Crippen LogP contribution >= 0.6 is 19.3 Å². The van der Waals surface area contributed by atoms with E-state index in [1.54, 1.807) is 20.2 Å². The third-order valence-corrected chi connectivity index (χ3v) is 10.6. The summed E-state index contributed by atoms with van der Waals surface area (Å²) in [5, 5.41) is 12.5. The molecule has 216 valence electrons. The van der Waals surface area contributed by atoms with Gasteiger partial charge in [0.1, 0.15) is 0 Å². The molecule has 2 aromatic heterocycles. The summed E-state index contributed by atoms with van der Waals surface area (Å²) in [6, 6.07) is 9.54. The van der Waals surface area contributed by atoms with E-state index >= 15 is 0 Å². The predicted molar refractivity (Wildman–Crippen MR) is 158 cm³/mol. The van der Waals surface area contributed by atoms with E-state index in [-0.39, 0.29) is 47.9 Å². The molecule has 0 bridgehead atoms. The first kappa shape index (κ1) is 30.2. The molecular formula is C27H37N6O5PS. The van der Waals surface area contributed by atoms with Crippen molar-refractivity contribution < 1.29 is 19.0 Å². The summed E-state index contributed by atoms with van der Waals surface area (Å²) in [5.41, 5.74) is 7.04. The van der Waals surface area contributed by atoms with Crippen LogP contribution < -0.4 is 16.4 Å². The maximum absolute atomic E-state index is 13.9. The maximum Gasteiger partial charge on any atom is 0.280 e. The SMILES string of the molecule is C=C1C(COP(=O)(CCCSC(=O)C(C)(C)CO)NCc2ccccc2)CCC1n1cnc2c(=O)[nH]c(N)nc21. The first-order valence-corrected chi connectivity index (χ1v) is 16.0. The normalized spacial score (nSPS) is 19.2. The Balaban J connectivity index is 1.40. The molecule has 1 saturated carbocycles. The Labute approximate surface area is 237 Å². The summed E-state index contributed by atoms with van der Waals surface area (Å²) < 4.78 is 21.9. The third-order valence-electron chi connectivity index (χ3n) is 7.16. The monoisotopic (exact) mass is 588 g/mol. The van der Waals surface area contributed by atoms with Gasteiger partial charge in [-0.2, -0.15) is 4.98 Å². The van der Waals surface area contributed by atoms with Crippen molar-refractivity contribution in [3.63, 3.8) is 0 Å². The second-order valence-electron chi connectivity index (χ2n) is 10.7. The van der Waals surface area contributed by atoms with Gasteiger partial charge >= 0.3 is 0 Å². The Hall–Kier alpha value is -2.76. The molecule has 3 atom stereocenters. The summed E-state index contributed by atoms with van der Waals surface area (Å²) in [4.78, 5) is 35.5. The average molecular weight is 589 g/mol. The minimum absolute atomic E-state index is 0.0213. The van der Waals surface area contributed by atoms with Crippen molar-refractivity contribution in [2.45, 2.75) is 45.7 Å². The van der Waals surface area contributed by atoms with Gasteiger partial charge in [0.15, 0.2) is 16.3 Å². The Kier molecular flexibility index (Phi) is 9.68. The van der Waals surface area contributed by atoms with E-state index in [0.29, 0.717) is 24.4 Å². The molecule has 0 spiro atoms. The number of nitrogen functional groups attached to an aromatic ring is 1. The lowest BCUT2D eigenvalue weighted by Crippen LogP contribution is -2.26. The molecule has 4 rings (SSSR count). The fraction of sp³-hybridized carbons (Fsp3) is 0.481. The van der Waals surface area contributed by atoms with Crippen molar-refractivity contribution in [3.05, 3.63) is 64.7 Å². The van der Waals surface area contributed by atoms with Crippen molar-refractivity contribution in [2.24, 2.45) is 11.3 Å². The number of imidazole rings is 1. The maximum atomic E-state index is 13.9. The van der Waals surface area contributed by atoms with Crippen LogP contribution in [0.5, 0.6) is 0 Å². The standard InChI is InChI=1S/C27H37N6O5PS/c1-18-20(10-11-21(18)33-17-29-22-23(33)31-26(28)32-24(22)35)15-38-39(37,30-14-19-8-5-4-6-9-19)12-7-13-40-25(36)27(2,3)16-34/h4-6,8-9,17,20-21,34H,1,7,10-16H2,2-3H3,(H,30,37)(H3,28,31,32,35). The molecule has 0 amide bonds. The van der Waals surface area contributed by atoms with Gasteiger partial charge in [-0.25, -0.2) is 10.1 Å². The van der Waals surface area contributed by atoms with Crippen LogP contribution in [-0.4, -0.2) is 54.9 Å². The number of nitrogens with one attached hydrogen (secondary N) is 2. The minimum Gasteiger partial charge on any atom is -0.395 e. The van der Waals surface area contributed by atoms with Crippen LogP contribution in [0.25, 0.3) is 11.2 Å². The van der Waals surface area contributed by atoms with Crippen molar-refractivity contribution in [3.8, 4) is 0 Å². The number of aromatic nitrogens is 4. The van der Waals surface area contributed by atoms with E-state index in [0.717, 1.165) is 35.7 Å². The fourth-order valence-corrected chi connectivity index (χ4v) is 7.53. The first-order chi connectivity index (χ1) is 19.0. The van der Waals surface area contributed by atoms with Crippen LogP contribution in [0.2, 0.25) is 0 Å². The Morgan fingerprint density at radius 3 is 2.83 bits per heavy atom. The molecule has 1 aliphatic rings. The van der Waals surface area contributed by atoms with E-state index in [2.05, 4.69) is 26.6 Å². The van der Waals surface area contributed by atoms with Gasteiger partial charge in [-0.3, -0.25) is 19.1 Å². The molecule has 0 aliphatic heterocycles. The molecule has 1 aliphatic carbocycles. The average Bonchev–Trinajstić information content (AvgIpc) is 3.52. The highest BCUT2D eigenvalue weighted by atomic mass is 32.2. The minimum atomic E-state index is -3.26. The number of fused-ring (bicyclic) bond motifs is 1. The van der Waals surface area contributed by atoms with Crippen LogP contribution in [0.15, 0.2) is 53.6 Å². The number of aliphatic hydroxyl groups is 1. The molecule has 1 fully saturated rings. The lowest BCUT2D eigenvalue weighted by Gasteiger charge is -2.23. The number of H-pyrrole nitrogens is 1. The highest BCUT2D eigenvalue weighted by Crippen LogP contribution is 2.47. The number of rotatable bonds is 13. The molecule has 3 aromatic rings. The molecule has 1 aromatic carbocycles. The van der Waals surface area contributed by atoms with Crippen LogP contribution in [-0.2, 0) is 20.4 Å². The van der Waals surface area contributed by atoms with E-state index in [1.807, 2.05) is 34.9 Å². The second-order valence-corrected chi connectivity index (χ2v) is 14.1. The molecule has 40 heavy (non-hydrogen) atoms. The lowest BCUT2D eigenvalue weighted by atomic mass is 9.97. The zero-order valence-corrected chi connectivity index (χ0v) is 24.5. The summed E-state index contributed by atoms with van der Waals surface area (Å²) in [6.07, 6.45) is 3.86. The summed E-state index contributed by atoms with van der Waals surface area (Å²) >= 11 is 1.14. The zero-order chi connectivity index (χ0) is 28.9. The quantitative estimate of drug-likeness (QED) is 0.131. The molecule has 11 nitrogen and oxygen atoms in total. The number of aliphatic hydroxyl groups excluding tert-OH is 1. The number of nitrogens with zero attached hydrogens (tertiary/aromatic N) is 3. The summed E-state index contributed by atoms with van der Waals surface area (Å²) in [5.74, 6) is 0.451. The topological polar surface area (TPSA) is 165 Å². The van der Waals surface area contributed by atoms with Gasteiger partial charge in [0.2, 0.25) is 5.95 Å².